The summed E-state index contributed by atoms with van der Waals surface area (Å²) in [5, 5.41) is 3.34. The van der Waals surface area contributed by atoms with Gasteiger partial charge in [-0.1, -0.05) is 29.8 Å². The topological polar surface area (TPSA) is 21.3 Å². The number of hydrogen-bond acceptors (Lipinski definition) is 2. The molecular weight excluding hydrogens is 285 g/mol. The smallest absolute Gasteiger partial charge is 0.126 e. The molecule has 0 aromatic heterocycles. The quantitative estimate of drug-likeness (QED) is 0.867. The van der Waals surface area contributed by atoms with Crippen LogP contribution in [0.3, 0.4) is 0 Å². The van der Waals surface area contributed by atoms with Crippen LogP contribution in [0.15, 0.2) is 16.6 Å². The third-order valence-corrected chi connectivity index (χ3v) is 2.80. The molecule has 0 aliphatic rings. The minimum atomic E-state index is -0.466. The van der Waals surface area contributed by atoms with Gasteiger partial charge in [-0.3, -0.25) is 0 Å². The van der Waals surface area contributed by atoms with Gasteiger partial charge < -0.3 is 10.1 Å². The van der Waals surface area contributed by atoms with Gasteiger partial charge in [0.15, 0.2) is 0 Å². The molecule has 0 unspecified atom stereocenters. The van der Waals surface area contributed by atoms with Gasteiger partial charge in [0.25, 0.3) is 0 Å². The van der Waals surface area contributed by atoms with Crippen molar-refractivity contribution in [2.75, 3.05) is 13.3 Å². The Morgan fingerprint density at radius 3 is 2.71 bits per heavy atom. The summed E-state index contributed by atoms with van der Waals surface area (Å²) in [6, 6.07) is 4.39. The van der Waals surface area contributed by atoms with E-state index in [4.69, 9.17) is 4.74 Å². The molecule has 0 atom stereocenters. The number of nitrogens with one attached hydrogen (secondary N) is 1. The molecule has 0 heterocycles. The van der Waals surface area contributed by atoms with E-state index in [1.807, 2.05) is 19.1 Å². The average Bonchev–Trinajstić information content (AvgIpc) is 2.24. The summed E-state index contributed by atoms with van der Waals surface area (Å²) in [5.74, 6) is 0.791. The van der Waals surface area contributed by atoms with Gasteiger partial charge in [0.05, 0.1) is 0 Å². The zero-order valence-corrected chi connectivity index (χ0v) is 12.1. The van der Waals surface area contributed by atoms with E-state index in [-0.39, 0.29) is 6.61 Å². The van der Waals surface area contributed by atoms with Crippen LogP contribution < -0.4 is 10.1 Å². The van der Waals surface area contributed by atoms with E-state index in [1.54, 1.807) is 0 Å². The lowest BCUT2D eigenvalue weighted by molar-refractivity contribution is 0.269. The van der Waals surface area contributed by atoms with Gasteiger partial charge in [-0.15, -0.1) is 0 Å². The molecule has 1 aromatic rings. The Labute approximate surface area is 111 Å². The van der Waals surface area contributed by atoms with Crippen LogP contribution in [0.2, 0.25) is 0 Å². The maximum atomic E-state index is 12.2. The van der Waals surface area contributed by atoms with E-state index < -0.39 is 6.67 Å². The van der Waals surface area contributed by atoms with E-state index in [2.05, 4.69) is 35.1 Å². The molecule has 1 N–H and O–H groups in total. The lowest BCUT2D eigenvalue weighted by atomic mass is 10.1. The van der Waals surface area contributed by atoms with Crippen molar-refractivity contribution in [2.24, 2.45) is 0 Å². The standard InChI is InChI=1S/C13H19BrFNO/c1-9(2)16-8-11-7-12(14)6-10(3)13(11)17-5-4-15/h6-7,9,16H,4-5,8H2,1-3H3. The fourth-order valence-electron chi connectivity index (χ4n) is 1.59. The highest BCUT2D eigenvalue weighted by atomic mass is 79.9. The van der Waals surface area contributed by atoms with Gasteiger partial charge in [-0.2, -0.15) is 0 Å². The third-order valence-electron chi connectivity index (χ3n) is 2.34. The van der Waals surface area contributed by atoms with E-state index in [9.17, 15) is 4.39 Å². The van der Waals surface area contributed by atoms with Crippen molar-refractivity contribution in [3.63, 3.8) is 0 Å². The van der Waals surface area contributed by atoms with Crippen LogP contribution >= 0.6 is 15.9 Å². The first-order valence-electron chi connectivity index (χ1n) is 5.75. The van der Waals surface area contributed by atoms with Gasteiger partial charge in [-0.05, 0) is 24.6 Å². The van der Waals surface area contributed by atoms with Gasteiger partial charge >= 0.3 is 0 Å². The number of aryl methyl sites for hydroxylation is 1. The van der Waals surface area contributed by atoms with Crippen molar-refractivity contribution in [1.82, 2.24) is 5.32 Å². The molecule has 96 valence electrons. The maximum Gasteiger partial charge on any atom is 0.126 e. The van der Waals surface area contributed by atoms with Crippen LogP contribution in [0.25, 0.3) is 0 Å². The number of benzene rings is 1. The lowest BCUT2D eigenvalue weighted by Gasteiger charge is -2.16. The summed E-state index contributed by atoms with van der Waals surface area (Å²) in [6.07, 6.45) is 0. The molecule has 17 heavy (non-hydrogen) atoms. The van der Waals surface area contributed by atoms with Crippen LogP contribution in [0, 0.1) is 6.92 Å². The Morgan fingerprint density at radius 1 is 1.41 bits per heavy atom. The average molecular weight is 304 g/mol. The second-order valence-electron chi connectivity index (χ2n) is 4.28. The molecule has 0 radical (unpaired) electrons. The first-order valence-corrected chi connectivity index (χ1v) is 6.55. The largest absolute Gasteiger partial charge is 0.490 e. The zero-order chi connectivity index (χ0) is 12.8. The highest BCUT2D eigenvalue weighted by Crippen LogP contribution is 2.28. The van der Waals surface area contributed by atoms with Crippen LogP contribution in [0.4, 0.5) is 4.39 Å². The number of alkyl halides is 1. The molecule has 0 aliphatic carbocycles. The molecule has 0 bridgehead atoms. The van der Waals surface area contributed by atoms with E-state index in [0.717, 1.165) is 27.9 Å². The van der Waals surface area contributed by atoms with Crippen LogP contribution in [0.1, 0.15) is 25.0 Å². The van der Waals surface area contributed by atoms with Gasteiger partial charge in [-0.25, -0.2) is 4.39 Å². The summed E-state index contributed by atoms with van der Waals surface area (Å²) >= 11 is 3.46. The summed E-state index contributed by atoms with van der Waals surface area (Å²) in [7, 11) is 0. The maximum absolute atomic E-state index is 12.2. The Morgan fingerprint density at radius 2 is 2.12 bits per heavy atom. The van der Waals surface area contributed by atoms with Crippen LogP contribution in [-0.2, 0) is 6.54 Å². The van der Waals surface area contributed by atoms with Crippen molar-refractivity contribution in [2.45, 2.75) is 33.4 Å². The molecule has 0 amide bonds. The van der Waals surface area contributed by atoms with Crippen LogP contribution in [0.5, 0.6) is 5.75 Å². The summed E-state index contributed by atoms with van der Waals surface area (Å²) < 4.78 is 18.7. The predicted octanol–water partition coefficient (Wildman–Crippen LogP) is 3.60. The molecule has 0 spiro atoms. The predicted molar refractivity (Wildman–Crippen MR) is 72.3 cm³/mol. The number of ether oxygens (including phenoxy) is 1. The first kappa shape index (κ1) is 14.5. The molecule has 1 rings (SSSR count). The van der Waals surface area contributed by atoms with Crippen molar-refractivity contribution in [1.29, 1.82) is 0 Å². The summed E-state index contributed by atoms with van der Waals surface area (Å²) in [4.78, 5) is 0. The van der Waals surface area contributed by atoms with E-state index in [1.165, 1.54) is 0 Å². The number of hydrogen-bond donors (Lipinski definition) is 1. The second-order valence-corrected chi connectivity index (χ2v) is 5.20. The summed E-state index contributed by atoms with van der Waals surface area (Å²) in [6.45, 7) is 6.51. The molecule has 2 nitrogen and oxygen atoms in total. The van der Waals surface area contributed by atoms with Crippen molar-refractivity contribution in [3.8, 4) is 5.75 Å². The van der Waals surface area contributed by atoms with Crippen molar-refractivity contribution >= 4 is 15.9 Å². The highest BCUT2D eigenvalue weighted by Gasteiger charge is 2.09. The SMILES string of the molecule is Cc1cc(Br)cc(CNC(C)C)c1OCCF. The molecule has 0 fully saturated rings. The highest BCUT2D eigenvalue weighted by molar-refractivity contribution is 9.10. The lowest BCUT2D eigenvalue weighted by Crippen LogP contribution is -2.22. The molecule has 0 aliphatic heterocycles. The molecule has 1 aromatic carbocycles. The molecule has 4 heteroatoms. The van der Waals surface area contributed by atoms with Crippen LogP contribution in [-0.4, -0.2) is 19.3 Å². The fourth-order valence-corrected chi connectivity index (χ4v) is 2.21. The second kappa shape index (κ2) is 6.97. The van der Waals surface area contributed by atoms with Crippen molar-refractivity contribution in [3.05, 3.63) is 27.7 Å². The van der Waals surface area contributed by atoms with E-state index in [0.29, 0.717) is 6.04 Å². The Bertz CT molecular complexity index is 369. The Hall–Kier alpha value is -0.610. The van der Waals surface area contributed by atoms with Gasteiger partial charge in [0.1, 0.15) is 19.0 Å². The third kappa shape index (κ3) is 4.64. The van der Waals surface area contributed by atoms with Gasteiger partial charge in [0, 0.05) is 22.6 Å². The minimum Gasteiger partial charge on any atom is -0.490 e. The van der Waals surface area contributed by atoms with Gasteiger partial charge in [0.2, 0.25) is 0 Å². The molecule has 0 saturated heterocycles. The zero-order valence-electron chi connectivity index (χ0n) is 10.5. The number of rotatable bonds is 6. The first-order chi connectivity index (χ1) is 8.04. The Kier molecular flexibility index (Phi) is 5.92. The molecular formula is C13H19BrFNO. The summed E-state index contributed by atoms with van der Waals surface area (Å²) in [5.41, 5.74) is 2.08. The molecule has 0 saturated carbocycles. The Balaban J connectivity index is 2.89. The minimum absolute atomic E-state index is 0.108. The normalized spacial score (nSPS) is 10.9. The fraction of sp³-hybridized carbons (Fsp3) is 0.538. The monoisotopic (exact) mass is 303 g/mol. The number of halogens is 2. The van der Waals surface area contributed by atoms with Crippen molar-refractivity contribution < 1.29 is 9.13 Å². The van der Waals surface area contributed by atoms with E-state index >= 15 is 0 Å².